The third-order valence-corrected chi connectivity index (χ3v) is 8.39. The van der Waals surface area contributed by atoms with E-state index in [9.17, 15) is 13.5 Å². The van der Waals surface area contributed by atoms with Crippen LogP contribution in [0.15, 0.2) is 11.5 Å². The van der Waals surface area contributed by atoms with Gasteiger partial charge in [-0.05, 0) is 63.2 Å². The minimum Gasteiger partial charge on any atom is -0.389 e. The van der Waals surface area contributed by atoms with E-state index in [1.165, 1.54) is 0 Å². The van der Waals surface area contributed by atoms with Crippen LogP contribution in [-0.2, 0) is 10.0 Å². The van der Waals surface area contributed by atoms with Crippen LogP contribution < -0.4 is 4.72 Å². The number of hydrogen-bond acceptors (Lipinski definition) is 4. The molecule has 0 aromatic rings. The fourth-order valence-corrected chi connectivity index (χ4v) is 5.49. The molecule has 1 heterocycles. The van der Waals surface area contributed by atoms with Crippen molar-refractivity contribution in [1.82, 2.24) is 4.72 Å². The standard InChI is InChI=1S/C16H29NO3S2/c1-12(2)22(19,20)17-10-6-14-4-8-16(18,9-5-14)15-13(3)7-11-21-15/h7,11-15,17-18H,4-6,8-10H2,1-3H3. The van der Waals surface area contributed by atoms with Crippen LogP contribution in [0.5, 0.6) is 0 Å². The van der Waals surface area contributed by atoms with Gasteiger partial charge >= 0.3 is 0 Å². The van der Waals surface area contributed by atoms with Gasteiger partial charge in [-0.3, -0.25) is 0 Å². The van der Waals surface area contributed by atoms with Gasteiger partial charge in [-0.25, -0.2) is 13.1 Å². The normalized spacial score (nSPS) is 36.1. The van der Waals surface area contributed by atoms with Crippen LogP contribution in [0, 0.1) is 11.8 Å². The van der Waals surface area contributed by atoms with E-state index in [0.717, 1.165) is 32.1 Å². The van der Waals surface area contributed by atoms with Gasteiger partial charge in [0.2, 0.25) is 10.0 Å². The second kappa shape index (κ2) is 7.24. The molecule has 1 aliphatic heterocycles. The van der Waals surface area contributed by atoms with Crippen molar-refractivity contribution < 1.29 is 13.5 Å². The monoisotopic (exact) mass is 347 g/mol. The molecule has 6 heteroatoms. The van der Waals surface area contributed by atoms with Crippen LogP contribution in [-0.4, -0.2) is 36.2 Å². The Labute approximate surface area is 139 Å². The molecule has 1 aliphatic carbocycles. The molecule has 0 radical (unpaired) electrons. The summed E-state index contributed by atoms with van der Waals surface area (Å²) in [7, 11) is -3.15. The van der Waals surface area contributed by atoms with Crippen LogP contribution >= 0.6 is 11.8 Å². The lowest BCUT2D eigenvalue weighted by Crippen LogP contribution is -2.45. The first-order valence-corrected chi connectivity index (χ1v) is 10.8. The molecule has 22 heavy (non-hydrogen) atoms. The van der Waals surface area contributed by atoms with Crippen LogP contribution in [0.25, 0.3) is 0 Å². The average molecular weight is 348 g/mol. The Bertz CT molecular complexity index is 494. The molecule has 0 aromatic heterocycles. The van der Waals surface area contributed by atoms with Gasteiger partial charge in [-0.1, -0.05) is 13.0 Å². The molecule has 2 unspecified atom stereocenters. The SMILES string of the molecule is CC1C=CSC1C1(O)CCC(CCNS(=O)(=O)C(C)C)CC1. The molecule has 0 aromatic carbocycles. The summed E-state index contributed by atoms with van der Waals surface area (Å²) >= 11 is 1.76. The van der Waals surface area contributed by atoms with Crippen molar-refractivity contribution in [3.8, 4) is 0 Å². The van der Waals surface area contributed by atoms with E-state index in [2.05, 4.69) is 23.1 Å². The fraction of sp³-hybridized carbons (Fsp3) is 0.875. The van der Waals surface area contributed by atoms with Crippen molar-refractivity contribution in [3.05, 3.63) is 11.5 Å². The van der Waals surface area contributed by atoms with Gasteiger partial charge in [0.05, 0.1) is 10.9 Å². The molecule has 1 fully saturated rings. The van der Waals surface area contributed by atoms with E-state index in [4.69, 9.17) is 0 Å². The molecule has 2 rings (SSSR count). The highest BCUT2D eigenvalue weighted by Gasteiger charge is 2.43. The van der Waals surface area contributed by atoms with Gasteiger partial charge in [0.1, 0.15) is 0 Å². The first-order chi connectivity index (χ1) is 10.2. The molecule has 0 amide bonds. The molecule has 2 aliphatic rings. The number of hydrogen-bond donors (Lipinski definition) is 2. The highest BCUT2D eigenvalue weighted by atomic mass is 32.2. The van der Waals surface area contributed by atoms with Crippen molar-refractivity contribution >= 4 is 21.8 Å². The maximum atomic E-state index is 11.7. The summed E-state index contributed by atoms with van der Waals surface area (Å²) < 4.78 is 26.1. The quantitative estimate of drug-likeness (QED) is 0.775. The number of allylic oxidation sites excluding steroid dienone is 1. The Balaban J connectivity index is 1.76. The zero-order valence-corrected chi connectivity index (χ0v) is 15.4. The lowest BCUT2D eigenvalue weighted by atomic mass is 9.74. The van der Waals surface area contributed by atoms with E-state index >= 15 is 0 Å². The maximum absolute atomic E-state index is 11.7. The second-order valence-corrected chi connectivity index (χ2v) is 10.4. The highest BCUT2D eigenvalue weighted by molar-refractivity contribution is 8.03. The number of aliphatic hydroxyl groups is 1. The van der Waals surface area contributed by atoms with Crippen molar-refractivity contribution in [2.45, 2.75) is 69.0 Å². The molecular formula is C16H29NO3S2. The van der Waals surface area contributed by atoms with Gasteiger partial charge in [0.25, 0.3) is 0 Å². The van der Waals surface area contributed by atoms with E-state index in [1.54, 1.807) is 25.6 Å². The largest absolute Gasteiger partial charge is 0.389 e. The summed E-state index contributed by atoms with van der Waals surface area (Å²) in [4.78, 5) is 0. The summed E-state index contributed by atoms with van der Waals surface area (Å²) in [5.74, 6) is 0.953. The lowest BCUT2D eigenvalue weighted by Gasteiger charge is -2.41. The second-order valence-electron chi connectivity index (χ2n) is 7.07. The Morgan fingerprint density at radius 3 is 2.50 bits per heavy atom. The van der Waals surface area contributed by atoms with E-state index in [-0.39, 0.29) is 10.5 Å². The highest BCUT2D eigenvalue weighted by Crippen LogP contribution is 2.45. The third-order valence-electron chi connectivity index (χ3n) is 5.06. The lowest BCUT2D eigenvalue weighted by molar-refractivity contribution is -0.0175. The van der Waals surface area contributed by atoms with Gasteiger partial charge < -0.3 is 5.11 Å². The molecule has 2 atom stereocenters. The van der Waals surface area contributed by atoms with Crippen LogP contribution in [0.4, 0.5) is 0 Å². The number of rotatable bonds is 6. The molecule has 4 nitrogen and oxygen atoms in total. The van der Waals surface area contributed by atoms with Crippen molar-refractivity contribution in [2.75, 3.05) is 6.54 Å². The summed E-state index contributed by atoms with van der Waals surface area (Å²) in [6.07, 6.45) is 6.69. The average Bonchev–Trinajstić information content (AvgIpc) is 2.88. The van der Waals surface area contributed by atoms with Crippen molar-refractivity contribution in [3.63, 3.8) is 0 Å². The first kappa shape index (κ1) is 18.3. The predicted molar refractivity (Wildman–Crippen MR) is 93.3 cm³/mol. The third kappa shape index (κ3) is 4.28. The first-order valence-electron chi connectivity index (χ1n) is 8.27. The van der Waals surface area contributed by atoms with Gasteiger partial charge in [-0.15, -0.1) is 11.8 Å². The minimum atomic E-state index is -3.15. The Morgan fingerprint density at radius 1 is 1.36 bits per heavy atom. The van der Waals surface area contributed by atoms with Crippen molar-refractivity contribution in [2.24, 2.45) is 11.8 Å². The minimum absolute atomic E-state index is 0.285. The predicted octanol–water partition coefficient (Wildman–Crippen LogP) is 2.89. The summed E-state index contributed by atoms with van der Waals surface area (Å²) in [5.41, 5.74) is -0.554. The van der Waals surface area contributed by atoms with E-state index < -0.39 is 15.6 Å². The fourth-order valence-electron chi connectivity index (χ4n) is 3.42. The zero-order valence-electron chi connectivity index (χ0n) is 13.8. The molecule has 0 saturated heterocycles. The van der Waals surface area contributed by atoms with E-state index in [0.29, 0.717) is 18.4 Å². The summed E-state index contributed by atoms with van der Waals surface area (Å²) in [5, 5.41) is 12.9. The maximum Gasteiger partial charge on any atom is 0.213 e. The molecule has 0 bridgehead atoms. The topological polar surface area (TPSA) is 66.4 Å². The summed E-state index contributed by atoms with van der Waals surface area (Å²) in [6.45, 7) is 6.07. The summed E-state index contributed by atoms with van der Waals surface area (Å²) in [6, 6.07) is 0. The Morgan fingerprint density at radius 2 is 2.00 bits per heavy atom. The molecule has 0 spiro atoms. The van der Waals surface area contributed by atoms with Crippen molar-refractivity contribution in [1.29, 1.82) is 0 Å². The Kier molecular flexibility index (Phi) is 6.02. The molecule has 1 saturated carbocycles. The number of nitrogens with one attached hydrogen (secondary N) is 1. The van der Waals surface area contributed by atoms with E-state index in [1.807, 2.05) is 0 Å². The van der Waals surface area contributed by atoms with Crippen LogP contribution in [0.2, 0.25) is 0 Å². The Hall–Kier alpha value is -0.0400. The molecule has 2 N–H and O–H groups in total. The van der Waals surface area contributed by atoms with Gasteiger partial charge in [0, 0.05) is 11.8 Å². The van der Waals surface area contributed by atoms with Crippen LogP contribution in [0.3, 0.4) is 0 Å². The molecular weight excluding hydrogens is 318 g/mol. The number of thioether (sulfide) groups is 1. The van der Waals surface area contributed by atoms with Gasteiger partial charge in [0.15, 0.2) is 0 Å². The van der Waals surface area contributed by atoms with Crippen LogP contribution in [0.1, 0.15) is 52.9 Å². The molecule has 128 valence electrons. The smallest absolute Gasteiger partial charge is 0.213 e. The van der Waals surface area contributed by atoms with Gasteiger partial charge in [-0.2, -0.15) is 0 Å². The zero-order chi connectivity index (χ0) is 16.4. The number of sulfonamides is 1.